The summed E-state index contributed by atoms with van der Waals surface area (Å²) in [5, 5.41) is 2.82. The molecule has 0 aliphatic carbocycles. The van der Waals surface area contributed by atoms with Crippen molar-refractivity contribution in [1.82, 2.24) is 19.8 Å². The van der Waals surface area contributed by atoms with Gasteiger partial charge in [-0.1, -0.05) is 37.3 Å². The van der Waals surface area contributed by atoms with Crippen LogP contribution in [-0.2, 0) is 30.8 Å². The van der Waals surface area contributed by atoms with E-state index in [1.807, 2.05) is 25.1 Å². The lowest BCUT2D eigenvalue weighted by Gasteiger charge is -2.28. The van der Waals surface area contributed by atoms with Crippen molar-refractivity contribution in [3.8, 4) is 0 Å². The molecule has 6 heteroatoms. The van der Waals surface area contributed by atoms with Gasteiger partial charge in [-0.25, -0.2) is 4.98 Å². The van der Waals surface area contributed by atoms with Gasteiger partial charge in [0, 0.05) is 32.6 Å². The van der Waals surface area contributed by atoms with E-state index < -0.39 is 0 Å². The molecule has 1 amide bonds. The fourth-order valence-electron chi connectivity index (χ4n) is 3.32. The van der Waals surface area contributed by atoms with E-state index in [0.717, 1.165) is 37.2 Å². The molecule has 1 aliphatic heterocycles. The highest BCUT2D eigenvalue weighted by molar-refractivity contribution is 5.75. The third kappa shape index (κ3) is 4.19. The molecule has 2 heterocycles. The lowest BCUT2D eigenvalue weighted by Crippen LogP contribution is -2.40. The Bertz CT molecular complexity index is 830. The van der Waals surface area contributed by atoms with Crippen LogP contribution in [0.5, 0.6) is 0 Å². The number of amides is 1. The van der Waals surface area contributed by atoms with Gasteiger partial charge in [-0.3, -0.25) is 19.1 Å². The molecule has 0 radical (unpaired) electrons. The fourth-order valence-corrected chi connectivity index (χ4v) is 3.32. The first-order valence-corrected chi connectivity index (χ1v) is 9.20. The number of nitrogens with zero attached hydrogens (tertiary/aromatic N) is 3. The zero-order chi connectivity index (χ0) is 18.5. The highest BCUT2D eigenvalue weighted by Crippen LogP contribution is 2.17. The Morgan fingerprint density at radius 2 is 2.04 bits per heavy atom. The van der Waals surface area contributed by atoms with Crippen LogP contribution < -0.4 is 10.9 Å². The minimum atomic E-state index is -0.143. The second-order valence-electron chi connectivity index (χ2n) is 6.77. The van der Waals surface area contributed by atoms with Crippen molar-refractivity contribution in [2.24, 2.45) is 0 Å². The molecule has 138 valence electrons. The number of hydrogen-bond acceptors (Lipinski definition) is 4. The van der Waals surface area contributed by atoms with Gasteiger partial charge in [-0.05, 0) is 18.9 Å². The van der Waals surface area contributed by atoms with Crippen molar-refractivity contribution in [3.05, 3.63) is 63.3 Å². The van der Waals surface area contributed by atoms with Crippen LogP contribution >= 0.6 is 0 Å². The minimum absolute atomic E-state index is 0.0314. The molecule has 1 aliphatic rings. The van der Waals surface area contributed by atoms with Crippen LogP contribution in [0.25, 0.3) is 0 Å². The van der Waals surface area contributed by atoms with Crippen molar-refractivity contribution in [1.29, 1.82) is 0 Å². The Morgan fingerprint density at radius 1 is 1.27 bits per heavy atom. The van der Waals surface area contributed by atoms with Gasteiger partial charge in [0.05, 0.1) is 11.3 Å². The maximum absolute atomic E-state index is 13.0. The Labute approximate surface area is 153 Å². The van der Waals surface area contributed by atoms with Gasteiger partial charge in [0.25, 0.3) is 5.56 Å². The molecule has 0 atom stereocenters. The van der Waals surface area contributed by atoms with Crippen molar-refractivity contribution in [3.63, 3.8) is 0 Å². The molecule has 0 unspecified atom stereocenters. The number of fused-ring (bicyclic) bond motifs is 1. The van der Waals surface area contributed by atoms with Crippen molar-refractivity contribution in [2.45, 2.75) is 46.3 Å². The second-order valence-corrected chi connectivity index (χ2v) is 6.77. The number of hydrogen-bond donors (Lipinski definition) is 1. The number of rotatable bonds is 6. The van der Waals surface area contributed by atoms with E-state index in [9.17, 15) is 9.59 Å². The highest BCUT2D eigenvalue weighted by Gasteiger charge is 2.23. The average Bonchev–Trinajstić information content (AvgIpc) is 2.65. The third-order valence-corrected chi connectivity index (χ3v) is 4.71. The summed E-state index contributed by atoms with van der Waals surface area (Å²) in [4.78, 5) is 31.9. The Hall–Kier alpha value is -2.47. The standard InChI is InChI=1S/C20H26N4O2/c1-3-10-21-19(25)14-24-15(2)22-18-9-11-23(13-17(18)20(24)26)12-16-7-5-4-6-8-16/h4-8H,3,9-14H2,1-2H3,(H,21,25). The van der Waals surface area contributed by atoms with E-state index in [1.165, 1.54) is 10.1 Å². The fraction of sp³-hybridized carbons (Fsp3) is 0.450. The van der Waals surface area contributed by atoms with Gasteiger partial charge in [-0.2, -0.15) is 0 Å². The molecule has 0 saturated heterocycles. The van der Waals surface area contributed by atoms with E-state index in [-0.39, 0.29) is 18.0 Å². The number of nitrogens with one attached hydrogen (secondary N) is 1. The molecular formula is C20H26N4O2. The first-order chi connectivity index (χ1) is 12.6. The number of benzene rings is 1. The molecular weight excluding hydrogens is 328 g/mol. The Morgan fingerprint density at radius 3 is 2.77 bits per heavy atom. The molecule has 0 fully saturated rings. The zero-order valence-corrected chi connectivity index (χ0v) is 15.5. The predicted octanol–water partition coefficient (Wildman–Crippen LogP) is 1.64. The summed E-state index contributed by atoms with van der Waals surface area (Å²) >= 11 is 0. The number of aromatic nitrogens is 2. The summed E-state index contributed by atoms with van der Waals surface area (Å²) in [6.45, 7) is 6.72. The lowest BCUT2D eigenvalue weighted by molar-refractivity contribution is -0.121. The van der Waals surface area contributed by atoms with Crippen LogP contribution in [0.15, 0.2) is 35.1 Å². The number of carbonyl (C=O) groups excluding carboxylic acids is 1. The van der Waals surface area contributed by atoms with Crippen molar-refractivity contribution < 1.29 is 4.79 Å². The monoisotopic (exact) mass is 354 g/mol. The maximum atomic E-state index is 13.0. The third-order valence-electron chi connectivity index (χ3n) is 4.71. The Kier molecular flexibility index (Phi) is 5.83. The summed E-state index contributed by atoms with van der Waals surface area (Å²) in [6.07, 6.45) is 1.64. The molecule has 6 nitrogen and oxygen atoms in total. The topological polar surface area (TPSA) is 67.2 Å². The first kappa shape index (κ1) is 18.3. The smallest absolute Gasteiger partial charge is 0.258 e. The van der Waals surface area contributed by atoms with E-state index in [1.54, 1.807) is 6.92 Å². The maximum Gasteiger partial charge on any atom is 0.258 e. The van der Waals surface area contributed by atoms with Crippen LogP contribution in [0.3, 0.4) is 0 Å². The van der Waals surface area contributed by atoms with Crippen LogP contribution in [0, 0.1) is 6.92 Å². The average molecular weight is 354 g/mol. The van der Waals surface area contributed by atoms with Gasteiger partial charge in [0.15, 0.2) is 0 Å². The minimum Gasteiger partial charge on any atom is -0.355 e. The molecule has 0 spiro atoms. The van der Waals surface area contributed by atoms with Gasteiger partial charge < -0.3 is 5.32 Å². The van der Waals surface area contributed by atoms with Gasteiger partial charge in [0.1, 0.15) is 12.4 Å². The number of carbonyl (C=O) groups is 1. The van der Waals surface area contributed by atoms with E-state index in [0.29, 0.717) is 18.9 Å². The summed E-state index contributed by atoms with van der Waals surface area (Å²) in [6, 6.07) is 10.3. The summed E-state index contributed by atoms with van der Waals surface area (Å²) < 4.78 is 1.50. The van der Waals surface area contributed by atoms with Crippen molar-refractivity contribution >= 4 is 5.91 Å². The van der Waals surface area contributed by atoms with Gasteiger partial charge in [-0.15, -0.1) is 0 Å². The molecule has 0 saturated carbocycles. The molecule has 2 aromatic rings. The van der Waals surface area contributed by atoms with Crippen molar-refractivity contribution in [2.75, 3.05) is 13.1 Å². The summed E-state index contributed by atoms with van der Waals surface area (Å²) in [5.41, 5.74) is 2.75. The normalized spacial score (nSPS) is 14.1. The van der Waals surface area contributed by atoms with Gasteiger partial charge >= 0.3 is 0 Å². The molecule has 1 N–H and O–H groups in total. The summed E-state index contributed by atoms with van der Waals surface area (Å²) in [7, 11) is 0. The quantitative estimate of drug-likeness (QED) is 0.856. The lowest BCUT2D eigenvalue weighted by atomic mass is 10.1. The first-order valence-electron chi connectivity index (χ1n) is 9.20. The van der Waals surface area contributed by atoms with E-state index >= 15 is 0 Å². The molecule has 0 bridgehead atoms. The van der Waals surface area contributed by atoms with E-state index in [4.69, 9.17) is 0 Å². The summed E-state index contributed by atoms with van der Waals surface area (Å²) in [5.74, 6) is 0.465. The zero-order valence-electron chi connectivity index (χ0n) is 15.5. The van der Waals surface area contributed by atoms with Crippen LogP contribution in [0.4, 0.5) is 0 Å². The van der Waals surface area contributed by atoms with Crippen LogP contribution in [-0.4, -0.2) is 33.4 Å². The van der Waals surface area contributed by atoms with Gasteiger partial charge in [0.2, 0.25) is 5.91 Å². The molecule has 1 aromatic heterocycles. The SMILES string of the molecule is CCCNC(=O)Cn1c(C)nc2c(c1=O)CN(Cc1ccccc1)CC2. The van der Waals surface area contributed by atoms with E-state index in [2.05, 4.69) is 27.3 Å². The molecule has 26 heavy (non-hydrogen) atoms. The largest absolute Gasteiger partial charge is 0.355 e. The highest BCUT2D eigenvalue weighted by atomic mass is 16.2. The molecule has 1 aromatic carbocycles. The second kappa shape index (κ2) is 8.27. The molecule has 3 rings (SSSR count). The predicted molar refractivity (Wildman–Crippen MR) is 101 cm³/mol. The van der Waals surface area contributed by atoms with Crippen LogP contribution in [0.1, 0.15) is 36.0 Å². The van der Waals surface area contributed by atoms with Crippen LogP contribution in [0.2, 0.25) is 0 Å². The Balaban J connectivity index is 1.79. The number of aryl methyl sites for hydroxylation is 1.